The summed E-state index contributed by atoms with van der Waals surface area (Å²) in [6.07, 6.45) is 0. The maximum absolute atomic E-state index is 11.6. The van der Waals surface area contributed by atoms with Crippen molar-refractivity contribution in [2.24, 2.45) is 0 Å². The molecule has 116 valence electrons. The minimum absolute atomic E-state index is 0.0668. The molecule has 1 aliphatic heterocycles. The number of nitrogens with one attached hydrogen (secondary N) is 1. The van der Waals surface area contributed by atoms with Gasteiger partial charge >= 0.3 is 0 Å². The van der Waals surface area contributed by atoms with Gasteiger partial charge in [0.15, 0.2) is 11.5 Å². The number of fused-ring (bicyclic) bond motifs is 1. The lowest BCUT2D eigenvalue weighted by Gasteiger charge is -2.06. The molecule has 1 aliphatic rings. The maximum Gasteiger partial charge on any atom is 0.277 e. The lowest BCUT2D eigenvalue weighted by atomic mass is 10.2. The molecule has 2 aromatic rings. The molecule has 1 N–H and O–H groups in total. The maximum atomic E-state index is 11.6. The van der Waals surface area contributed by atoms with Crippen molar-refractivity contribution < 1.29 is 18.7 Å². The Labute approximate surface area is 131 Å². The van der Waals surface area contributed by atoms with E-state index in [0.29, 0.717) is 22.6 Å². The summed E-state index contributed by atoms with van der Waals surface area (Å²) < 4.78 is 16.1. The fourth-order valence-electron chi connectivity index (χ4n) is 1.91. The topological polar surface area (TPSA) is 86.5 Å². The average Bonchev–Trinajstić information content (AvgIpc) is 3.12. The van der Waals surface area contributed by atoms with E-state index in [1.807, 2.05) is 19.9 Å². The molecular weight excluding hydrogens is 306 g/mol. The fourth-order valence-corrected chi connectivity index (χ4v) is 2.48. The number of rotatable bonds is 5. The van der Waals surface area contributed by atoms with E-state index in [1.165, 1.54) is 11.8 Å². The van der Waals surface area contributed by atoms with Crippen LogP contribution in [0, 0.1) is 0 Å². The van der Waals surface area contributed by atoms with Gasteiger partial charge in [0.05, 0.1) is 5.75 Å². The second-order valence-corrected chi connectivity index (χ2v) is 5.88. The molecule has 0 bridgehead atoms. The Balaban J connectivity index is 1.65. The summed E-state index contributed by atoms with van der Waals surface area (Å²) in [5.74, 6) is 1.90. The molecule has 0 atom stereocenters. The van der Waals surface area contributed by atoms with Crippen molar-refractivity contribution in [3.05, 3.63) is 18.2 Å². The van der Waals surface area contributed by atoms with E-state index < -0.39 is 0 Å². The van der Waals surface area contributed by atoms with Gasteiger partial charge in [-0.3, -0.25) is 4.79 Å². The lowest BCUT2D eigenvalue weighted by molar-refractivity contribution is -0.119. The van der Waals surface area contributed by atoms with Crippen molar-refractivity contribution in [2.75, 3.05) is 12.5 Å². The van der Waals surface area contributed by atoms with Gasteiger partial charge in [-0.25, -0.2) is 0 Å². The summed E-state index contributed by atoms with van der Waals surface area (Å²) in [5.41, 5.74) is 0.746. The zero-order valence-electron chi connectivity index (χ0n) is 12.2. The molecule has 22 heavy (non-hydrogen) atoms. The molecule has 8 heteroatoms. The molecule has 0 spiro atoms. The van der Waals surface area contributed by atoms with E-state index in [2.05, 4.69) is 15.5 Å². The second-order valence-electron chi connectivity index (χ2n) is 4.95. The van der Waals surface area contributed by atoms with Gasteiger partial charge in [-0.1, -0.05) is 11.8 Å². The van der Waals surface area contributed by atoms with Gasteiger partial charge in [0, 0.05) is 11.6 Å². The Kier molecular flexibility index (Phi) is 4.19. The smallest absolute Gasteiger partial charge is 0.277 e. The van der Waals surface area contributed by atoms with Crippen molar-refractivity contribution in [1.29, 1.82) is 0 Å². The van der Waals surface area contributed by atoms with Crippen molar-refractivity contribution in [2.45, 2.75) is 25.1 Å². The van der Waals surface area contributed by atoms with Crippen LogP contribution in [0.2, 0.25) is 0 Å². The van der Waals surface area contributed by atoms with Crippen molar-refractivity contribution in [3.63, 3.8) is 0 Å². The highest BCUT2D eigenvalue weighted by Crippen LogP contribution is 2.35. The summed E-state index contributed by atoms with van der Waals surface area (Å²) >= 11 is 1.20. The third kappa shape index (κ3) is 3.33. The Morgan fingerprint density at radius 1 is 1.32 bits per heavy atom. The van der Waals surface area contributed by atoms with Crippen LogP contribution in [0.1, 0.15) is 13.8 Å². The Bertz CT molecular complexity index is 686. The quantitative estimate of drug-likeness (QED) is 0.844. The number of thioether (sulfide) groups is 1. The number of ether oxygens (including phenoxy) is 2. The monoisotopic (exact) mass is 321 g/mol. The van der Waals surface area contributed by atoms with Gasteiger partial charge in [-0.15, -0.1) is 10.2 Å². The number of aromatic nitrogens is 2. The number of carbonyl (C=O) groups is 1. The standard InChI is InChI=1S/C14H15N3O4S/c1-8(2)15-12(18)6-22-14-17-16-13(21-14)9-3-4-10-11(5-9)20-7-19-10/h3-5,8H,6-7H2,1-2H3,(H,15,18). The second kappa shape index (κ2) is 6.27. The van der Waals surface area contributed by atoms with E-state index in [0.717, 1.165) is 5.56 Å². The van der Waals surface area contributed by atoms with Gasteiger partial charge in [-0.2, -0.15) is 0 Å². The first-order valence-electron chi connectivity index (χ1n) is 6.77. The highest BCUT2D eigenvalue weighted by Gasteiger charge is 2.17. The van der Waals surface area contributed by atoms with Gasteiger partial charge in [0.1, 0.15) is 0 Å². The average molecular weight is 321 g/mol. The third-order valence-corrected chi connectivity index (χ3v) is 3.62. The van der Waals surface area contributed by atoms with Crippen LogP contribution in [0.5, 0.6) is 11.5 Å². The molecule has 0 saturated heterocycles. The van der Waals surface area contributed by atoms with Crippen LogP contribution in [0.3, 0.4) is 0 Å². The van der Waals surface area contributed by atoms with Gasteiger partial charge < -0.3 is 19.2 Å². The van der Waals surface area contributed by atoms with Crippen LogP contribution in [0.25, 0.3) is 11.5 Å². The highest BCUT2D eigenvalue weighted by atomic mass is 32.2. The normalized spacial score (nSPS) is 12.7. The van der Waals surface area contributed by atoms with E-state index in [9.17, 15) is 4.79 Å². The number of hydrogen-bond acceptors (Lipinski definition) is 7. The summed E-state index contributed by atoms with van der Waals surface area (Å²) in [7, 11) is 0. The lowest BCUT2D eigenvalue weighted by Crippen LogP contribution is -2.31. The minimum Gasteiger partial charge on any atom is -0.454 e. The first-order valence-corrected chi connectivity index (χ1v) is 7.76. The van der Waals surface area contributed by atoms with Crippen LogP contribution >= 0.6 is 11.8 Å². The Morgan fingerprint density at radius 3 is 2.95 bits per heavy atom. The molecular formula is C14H15N3O4S. The number of benzene rings is 1. The first-order chi connectivity index (χ1) is 10.6. The highest BCUT2D eigenvalue weighted by molar-refractivity contribution is 7.99. The van der Waals surface area contributed by atoms with Crippen LogP contribution in [0.15, 0.2) is 27.8 Å². The van der Waals surface area contributed by atoms with E-state index in [4.69, 9.17) is 13.9 Å². The molecule has 0 fully saturated rings. The fraction of sp³-hybridized carbons (Fsp3) is 0.357. The van der Waals surface area contributed by atoms with Crippen LogP contribution in [-0.2, 0) is 4.79 Å². The van der Waals surface area contributed by atoms with Crippen molar-refractivity contribution in [1.82, 2.24) is 15.5 Å². The van der Waals surface area contributed by atoms with Gasteiger partial charge in [0.2, 0.25) is 18.6 Å². The number of nitrogens with zero attached hydrogens (tertiary/aromatic N) is 2. The number of hydrogen-bond donors (Lipinski definition) is 1. The molecule has 1 aromatic heterocycles. The zero-order chi connectivity index (χ0) is 15.5. The molecule has 2 heterocycles. The third-order valence-electron chi connectivity index (χ3n) is 2.80. The zero-order valence-corrected chi connectivity index (χ0v) is 13.0. The van der Waals surface area contributed by atoms with Gasteiger partial charge in [0.25, 0.3) is 5.22 Å². The molecule has 0 radical (unpaired) electrons. The van der Waals surface area contributed by atoms with Crippen LogP contribution in [0.4, 0.5) is 0 Å². The molecule has 7 nitrogen and oxygen atoms in total. The summed E-state index contributed by atoms with van der Waals surface area (Å²) in [6, 6.07) is 5.52. The first kappa shape index (κ1) is 14.7. The molecule has 0 aliphatic carbocycles. The molecule has 0 saturated carbocycles. The molecule has 1 aromatic carbocycles. The van der Waals surface area contributed by atoms with E-state index >= 15 is 0 Å². The predicted octanol–water partition coefficient (Wildman–Crippen LogP) is 2.08. The number of amides is 1. The van der Waals surface area contributed by atoms with Crippen molar-refractivity contribution >= 4 is 17.7 Å². The van der Waals surface area contributed by atoms with E-state index in [1.54, 1.807) is 12.1 Å². The molecule has 0 unspecified atom stereocenters. The van der Waals surface area contributed by atoms with E-state index in [-0.39, 0.29) is 24.5 Å². The van der Waals surface area contributed by atoms with Crippen LogP contribution in [-0.4, -0.2) is 34.7 Å². The molecule has 1 amide bonds. The Hall–Kier alpha value is -2.22. The number of carbonyl (C=O) groups excluding carboxylic acids is 1. The summed E-state index contributed by atoms with van der Waals surface area (Å²) in [5, 5.41) is 11.1. The van der Waals surface area contributed by atoms with Crippen molar-refractivity contribution in [3.8, 4) is 23.0 Å². The molecule has 3 rings (SSSR count). The predicted molar refractivity (Wildman–Crippen MR) is 79.9 cm³/mol. The van der Waals surface area contributed by atoms with Crippen LogP contribution < -0.4 is 14.8 Å². The largest absolute Gasteiger partial charge is 0.454 e. The SMILES string of the molecule is CC(C)NC(=O)CSc1nnc(-c2ccc3c(c2)OCO3)o1. The summed E-state index contributed by atoms with van der Waals surface area (Å²) in [6.45, 7) is 4.04. The summed E-state index contributed by atoms with van der Waals surface area (Å²) in [4.78, 5) is 11.6. The Morgan fingerprint density at radius 2 is 2.14 bits per heavy atom. The van der Waals surface area contributed by atoms with Gasteiger partial charge in [-0.05, 0) is 32.0 Å². The minimum atomic E-state index is -0.0668.